The number of piperazine rings is 1. The monoisotopic (exact) mass is 235 g/mol. The van der Waals surface area contributed by atoms with Gasteiger partial charge in [0.05, 0.1) is 12.7 Å². The quantitative estimate of drug-likeness (QED) is 0.723. The third-order valence-corrected chi connectivity index (χ3v) is 2.68. The van der Waals surface area contributed by atoms with Crippen molar-refractivity contribution in [1.29, 1.82) is 0 Å². The van der Waals surface area contributed by atoms with Crippen LogP contribution in [0.25, 0.3) is 11.6 Å². The molecule has 0 bridgehead atoms. The van der Waals surface area contributed by atoms with Gasteiger partial charge in [-0.1, -0.05) is 5.16 Å². The number of H-pyrrole nitrogens is 1. The Balaban J connectivity index is 1.68. The molecule has 0 saturated carbocycles. The molecule has 0 atom stereocenters. The topological polar surface area (TPSA) is 95.8 Å². The van der Waals surface area contributed by atoms with Gasteiger partial charge in [-0.05, 0) is 0 Å². The van der Waals surface area contributed by atoms with Crippen LogP contribution in [0.2, 0.25) is 0 Å². The van der Waals surface area contributed by atoms with E-state index < -0.39 is 0 Å². The van der Waals surface area contributed by atoms with E-state index >= 15 is 0 Å². The van der Waals surface area contributed by atoms with Crippen molar-refractivity contribution in [3.8, 4) is 11.6 Å². The van der Waals surface area contributed by atoms with Gasteiger partial charge in [0, 0.05) is 26.2 Å². The van der Waals surface area contributed by atoms with Gasteiger partial charge in [-0.2, -0.15) is 20.4 Å². The highest BCUT2D eigenvalue weighted by Crippen LogP contribution is 2.12. The fourth-order valence-corrected chi connectivity index (χ4v) is 1.80. The number of hydrogen-bond acceptors (Lipinski definition) is 7. The fraction of sp³-hybridized carbons (Fsp3) is 0.556. The third-order valence-electron chi connectivity index (χ3n) is 2.68. The van der Waals surface area contributed by atoms with E-state index in [1.807, 2.05) is 0 Å². The van der Waals surface area contributed by atoms with Crippen molar-refractivity contribution < 1.29 is 4.52 Å². The van der Waals surface area contributed by atoms with Crippen molar-refractivity contribution in [2.24, 2.45) is 0 Å². The van der Waals surface area contributed by atoms with Crippen LogP contribution in [0, 0.1) is 0 Å². The second kappa shape index (κ2) is 4.60. The molecule has 2 aromatic rings. The summed E-state index contributed by atoms with van der Waals surface area (Å²) in [5.74, 6) is 1.09. The van der Waals surface area contributed by atoms with Gasteiger partial charge >= 0.3 is 0 Å². The Labute approximate surface area is 97.4 Å². The highest BCUT2D eigenvalue weighted by atomic mass is 16.5. The SMILES string of the molecule is c1n[nH]nc1-c1nc(CN2CCNCC2)no1. The fourth-order valence-electron chi connectivity index (χ4n) is 1.80. The average molecular weight is 235 g/mol. The van der Waals surface area contributed by atoms with E-state index in [9.17, 15) is 0 Å². The van der Waals surface area contributed by atoms with Gasteiger partial charge in [-0.25, -0.2) is 0 Å². The molecule has 8 nitrogen and oxygen atoms in total. The molecule has 0 unspecified atom stereocenters. The molecular weight excluding hydrogens is 222 g/mol. The average Bonchev–Trinajstić information content (AvgIpc) is 3.00. The van der Waals surface area contributed by atoms with Gasteiger partial charge in [-0.3, -0.25) is 4.90 Å². The summed E-state index contributed by atoms with van der Waals surface area (Å²) in [5.41, 5.74) is 0.573. The summed E-state index contributed by atoms with van der Waals surface area (Å²) in [7, 11) is 0. The highest BCUT2D eigenvalue weighted by Gasteiger charge is 2.15. The molecule has 8 heteroatoms. The van der Waals surface area contributed by atoms with Crippen molar-refractivity contribution in [1.82, 2.24) is 35.8 Å². The van der Waals surface area contributed by atoms with Crippen LogP contribution in [0.3, 0.4) is 0 Å². The van der Waals surface area contributed by atoms with Crippen molar-refractivity contribution in [3.63, 3.8) is 0 Å². The lowest BCUT2D eigenvalue weighted by atomic mass is 10.3. The second-order valence-corrected chi connectivity index (χ2v) is 3.90. The molecule has 0 aromatic carbocycles. The van der Waals surface area contributed by atoms with Gasteiger partial charge in [-0.15, -0.1) is 0 Å². The van der Waals surface area contributed by atoms with Crippen molar-refractivity contribution >= 4 is 0 Å². The normalized spacial score (nSPS) is 17.4. The van der Waals surface area contributed by atoms with E-state index in [0.29, 0.717) is 24.0 Å². The minimum absolute atomic E-state index is 0.406. The Morgan fingerprint density at radius 2 is 2.24 bits per heavy atom. The smallest absolute Gasteiger partial charge is 0.280 e. The Morgan fingerprint density at radius 3 is 3.00 bits per heavy atom. The van der Waals surface area contributed by atoms with Gasteiger partial charge in [0.1, 0.15) is 0 Å². The standard InChI is InChI=1S/C9H13N7O/c1-3-16(4-2-10-1)6-8-12-9(17-14-8)7-5-11-15-13-7/h5,10H,1-4,6H2,(H,11,13,15). The molecule has 1 fully saturated rings. The van der Waals surface area contributed by atoms with Crippen LogP contribution < -0.4 is 5.32 Å². The van der Waals surface area contributed by atoms with E-state index in [1.165, 1.54) is 0 Å². The van der Waals surface area contributed by atoms with E-state index in [-0.39, 0.29) is 0 Å². The van der Waals surface area contributed by atoms with Crippen LogP contribution >= 0.6 is 0 Å². The molecule has 0 radical (unpaired) electrons. The van der Waals surface area contributed by atoms with Crippen LogP contribution in [-0.4, -0.2) is 56.6 Å². The number of nitrogens with one attached hydrogen (secondary N) is 2. The first kappa shape index (κ1) is 10.4. The van der Waals surface area contributed by atoms with Crippen LogP contribution in [-0.2, 0) is 6.54 Å². The van der Waals surface area contributed by atoms with Crippen molar-refractivity contribution in [3.05, 3.63) is 12.0 Å². The number of hydrogen-bond donors (Lipinski definition) is 2. The minimum atomic E-state index is 0.406. The van der Waals surface area contributed by atoms with E-state index in [4.69, 9.17) is 4.52 Å². The maximum atomic E-state index is 5.12. The molecule has 1 aliphatic rings. The van der Waals surface area contributed by atoms with Crippen LogP contribution in [0.15, 0.2) is 10.7 Å². The molecule has 3 rings (SSSR count). The number of aromatic amines is 1. The molecule has 3 heterocycles. The molecule has 1 aliphatic heterocycles. The summed E-state index contributed by atoms with van der Waals surface area (Å²) >= 11 is 0. The zero-order valence-electron chi connectivity index (χ0n) is 9.26. The lowest BCUT2D eigenvalue weighted by Crippen LogP contribution is -2.43. The summed E-state index contributed by atoms with van der Waals surface area (Å²) in [5, 5.41) is 17.3. The zero-order valence-corrected chi connectivity index (χ0v) is 9.26. The van der Waals surface area contributed by atoms with Crippen LogP contribution in [0.5, 0.6) is 0 Å². The molecule has 90 valence electrons. The number of rotatable bonds is 3. The van der Waals surface area contributed by atoms with Gasteiger partial charge < -0.3 is 9.84 Å². The van der Waals surface area contributed by atoms with Crippen LogP contribution in [0.4, 0.5) is 0 Å². The Hall–Kier alpha value is -1.80. The van der Waals surface area contributed by atoms with Gasteiger partial charge in [0.15, 0.2) is 11.5 Å². The first-order valence-corrected chi connectivity index (χ1v) is 5.53. The molecule has 17 heavy (non-hydrogen) atoms. The molecule has 1 saturated heterocycles. The Morgan fingerprint density at radius 1 is 1.35 bits per heavy atom. The maximum absolute atomic E-state index is 5.12. The van der Waals surface area contributed by atoms with E-state index in [1.54, 1.807) is 6.20 Å². The predicted molar refractivity (Wildman–Crippen MR) is 57.8 cm³/mol. The minimum Gasteiger partial charge on any atom is -0.332 e. The summed E-state index contributed by atoms with van der Waals surface area (Å²) < 4.78 is 5.12. The number of aromatic nitrogens is 5. The number of nitrogens with zero attached hydrogens (tertiary/aromatic N) is 5. The molecule has 0 aliphatic carbocycles. The molecule has 2 N–H and O–H groups in total. The zero-order chi connectivity index (χ0) is 11.5. The third kappa shape index (κ3) is 2.32. The maximum Gasteiger partial charge on any atom is 0.280 e. The molecule has 0 amide bonds. The predicted octanol–water partition coefficient (Wildman–Crippen LogP) is -0.740. The first-order chi connectivity index (χ1) is 8.42. The van der Waals surface area contributed by atoms with Gasteiger partial charge in [0.25, 0.3) is 5.89 Å². The highest BCUT2D eigenvalue weighted by molar-refractivity contribution is 5.42. The lowest BCUT2D eigenvalue weighted by molar-refractivity contribution is 0.225. The molecular formula is C9H13N7O. The summed E-state index contributed by atoms with van der Waals surface area (Å²) in [4.78, 5) is 6.57. The molecule has 0 spiro atoms. The first-order valence-electron chi connectivity index (χ1n) is 5.53. The van der Waals surface area contributed by atoms with Crippen molar-refractivity contribution in [2.45, 2.75) is 6.54 Å². The van der Waals surface area contributed by atoms with E-state index in [2.05, 4.69) is 35.8 Å². The summed E-state index contributed by atoms with van der Waals surface area (Å²) in [6, 6.07) is 0. The summed E-state index contributed by atoms with van der Waals surface area (Å²) in [6.07, 6.45) is 1.56. The second-order valence-electron chi connectivity index (χ2n) is 3.90. The largest absolute Gasteiger partial charge is 0.332 e. The summed E-state index contributed by atoms with van der Waals surface area (Å²) in [6.45, 7) is 4.74. The van der Waals surface area contributed by atoms with Crippen molar-refractivity contribution in [2.75, 3.05) is 26.2 Å². The van der Waals surface area contributed by atoms with Crippen LogP contribution in [0.1, 0.15) is 5.82 Å². The Kier molecular flexibility index (Phi) is 2.80. The molecule has 2 aromatic heterocycles. The Bertz CT molecular complexity index is 459. The van der Waals surface area contributed by atoms with E-state index in [0.717, 1.165) is 26.2 Å². The van der Waals surface area contributed by atoms with Gasteiger partial charge in [0.2, 0.25) is 0 Å². The lowest BCUT2D eigenvalue weighted by Gasteiger charge is -2.25.